The number of carbonyl (C=O) groups is 1. The lowest BCUT2D eigenvalue weighted by molar-refractivity contribution is -0.137. The van der Waals surface area contributed by atoms with E-state index in [1.807, 2.05) is 43.3 Å². The highest BCUT2D eigenvalue weighted by atomic mass is 19.4. The maximum absolute atomic E-state index is 13.5. The molecule has 174 valence electrons. The first-order valence-electron chi connectivity index (χ1n) is 10.7. The Hall–Kier alpha value is -3.87. The molecule has 1 N–H and O–H groups in total. The normalized spacial score (nSPS) is 11.5. The van der Waals surface area contributed by atoms with Gasteiger partial charge in [-0.2, -0.15) is 13.2 Å². The van der Waals surface area contributed by atoms with E-state index in [1.54, 1.807) is 18.2 Å². The van der Waals surface area contributed by atoms with Gasteiger partial charge in [-0.1, -0.05) is 48.5 Å². The van der Waals surface area contributed by atoms with E-state index in [-0.39, 0.29) is 11.9 Å². The van der Waals surface area contributed by atoms with E-state index in [0.717, 1.165) is 28.3 Å². The summed E-state index contributed by atoms with van der Waals surface area (Å²) in [5.41, 5.74) is 3.21. The zero-order valence-corrected chi connectivity index (χ0v) is 18.4. The molecule has 4 nitrogen and oxygen atoms in total. The second-order valence-electron chi connectivity index (χ2n) is 8.04. The van der Waals surface area contributed by atoms with E-state index in [1.165, 1.54) is 12.3 Å². The van der Waals surface area contributed by atoms with E-state index in [2.05, 4.69) is 4.98 Å². The average Bonchev–Trinajstić information content (AvgIpc) is 2.81. The number of benzene rings is 3. The molecule has 0 aliphatic carbocycles. The van der Waals surface area contributed by atoms with Gasteiger partial charge < -0.3 is 9.84 Å². The minimum atomic E-state index is -4.49. The topological polar surface area (TPSA) is 59.4 Å². The van der Waals surface area contributed by atoms with Crippen molar-refractivity contribution in [2.45, 2.75) is 32.5 Å². The summed E-state index contributed by atoms with van der Waals surface area (Å²) in [6.07, 6.45) is -2.48. The van der Waals surface area contributed by atoms with Crippen LogP contribution in [-0.2, 0) is 24.0 Å². The second kappa shape index (κ2) is 9.55. The lowest BCUT2D eigenvalue weighted by Crippen LogP contribution is -2.07. The molecule has 4 rings (SSSR count). The van der Waals surface area contributed by atoms with Gasteiger partial charge in [0.25, 0.3) is 0 Å². The molecule has 0 radical (unpaired) electrons. The Bertz CT molecular complexity index is 1330. The van der Waals surface area contributed by atoms with Gasteiger partial charge in [-0.25, -0.2) is 0 Å². The lowest BCUT2D eigenvalue weighted by Gasteiger charge is -2.15. The van der Waals surface area contributed by atoms with Crippen molar-refractivity contribution in [1.29, 1.82) is 0 Å². The van der Waals surface area contributed by atoms with Crippen molar-refractivity contribution >= 4 is 16.9 Å². The van der Waals surface area contributed by atoms with E-state index in [4.69, 9.17) is 9.84 Å². The summed E-state index contributed by atoms with van der Waals surface area (Å²) in [5.74, 6) is -0.247. The number of aliphatic carboxylic acids is 1. The van der Waals surface area contributed by atoms with Crippen molar-refractivity contribution < 1.29 is 27.8 Å². The summed E-state index contributed by atoms with van der Waals surface area (Å²) in [5, 5.41) is 9.23. The van der Waals surface area contributed by atoms with Gasteiger partial charge >= 0.3 is 12.1 Å². The van der Waals surface area contributed by atoms with Crippen molar-refractivity contribution in [3.8, 4) is 16.9 Å². The molecule has 0 saturated heterocycles. The molecular weight excluding hydrogens is 443 g/mol. The van der Waals surface area contributed by atoms with E-state index in [9.17, 15) is 18.0 Å². The molecule has 0 saturated carbocycles. The number of carboxylic acids is 1. The predicted octanol–water partition coefficient (Wildman–Crippen LogP) is 6.83. The number of alkyl halides is 3. The highest BCUT2D eigenvalue weighted by Gasteiger charge is 2.33. The van der Waals surface area contributed by atoms with Crippen LogP contribution < -0.4 is 4.74 Å². The number of rotatable bonds is 7. The first-order valence-corrected chi connectivity index (χ1v) is 10.7. The molecule has 0 fully saturated rings. The number of nitrogens with zero attached hydrogens (tertiary/aromatic N) is 1. The largest absolute Gasteiger partial charge is 0.489 e. The van der Waals surface area contributed by atoms with Crippen molar-refractivity contribution in [3.05, 3.63) is 95.2 Å². The number of aryl methyl sites for hydroxylation is 2. The third-order valence-electron chi connectivity index (χ3n) is 5.57. The van der Waals surface area contributed by atoms with E-state index < -0.39 is 17.7 Å². The molecule has 1 aromatic heterocycles. The minimum absolute atomic E-state index is 0.0788. The quantitative estimate of drug-likeness (QED) is 0.325. The summed E-state index contributed by atoms with van der Waals surface area (Å²) in [7, 11) is 0. The number of fused-ring (bicyclic) bond motifs is 1. The van der Waals surface area contributed by atoms with Gasteiger partial charge in [-0.3, -0.25) is 9.78 Å². The molecule has 0 atom stereocenters. The van der Waals surface area contributed by atoms with Gasteiger partial charge in [0, 0.05) is 18.0 Å². The number of halogens is 3. The van der Waals surface area contributed by atoms with Crippen LogP contribution in [0.2, 0.25) is 0 Å². The van der Waals surface area contributed by atoms with Crippen LogP contribution in [0.15, 0.2) is 72.9 Å². The fourth-order valence-electron chi connectivity index (χ4n) is 3.90. The molecule has 7 heteroatoms. The fraction of sp³-hybridized carbons (Fsp3) is 0.185. The smallest absolute Gasteiger partial charge is 0.418 e. The average molecular weight is 465 g/mol. The first kappa shape index (κ1) is 23.3. The Morgan fingerprint density at radius 1 is 1.00 bits per heavy atom. The maximum atomic E-state index is 13.5. The fourth-order valence-corrected chi connectivity index (χ4v) is 3.90. The molecule has 3 aromatic carbocycles. The highest BCUT2D eigenvalue weighted by molar-refractivity contribution is 5.97. The third-order valence-corrected chi connectivity index (χ3v) is 5.57. The van der Waals surface area contributed by atoms with Gasteiger partial charge in [-0.05, 0) is 59.4 Å². The first-order chi connectivity index (χ1) is 16.2. The minimum Gasteiger partial charge on any atom is -0.489 e. The molecule has 0 aliphatic heterocycles. The Morgan fingerprint density at radius 3 is 2.41 bits per heavy atom. The number of para-hydroxylation sites is 1. The van der Waals surface area contributed by atoms with Crippen LogP contribution in [0, 0.1) is 6.92 Å². The molecule has 0 amide bonds. The van der Waals surface area contributed by atoms with Crippen molar-refractivity contribution in [1.82, 2.24) is 4.98 Å². The Balaban J connectivity index is 1.58. The number of hydrogen-bond donors (Lipinski definition) is 1. The van der Waals surface area contributed by atoms with E-state index in [0.29, 0.717) is 29.7 Å². The number of carboxylic acid groups (broad SMARTS) is 1. The Kier molecular flexibility index (Phi) is 6.54. The molecular formula is C27H22F3NO3. The highest BCUT2D eigenvalue weighted by Crippen LogP contribution is 2.38. The number of hydrogen-bond acceptors (Lipinski definition) is 3. The van der Waals surface area contributed by atoms with Crippen LogP contribution in [0.5, 0.6) is 5.75 Å². The van der Waals surface area contributed by atoms with Crippen LogP contribution in [-0.4, -0.2) is 16.1 Å². The lowest BCUT2D eigenvalue weighted by atomic mass is 9.95. The van der Waals surface area contributed by atoms with Gasteiger partial charge in [0.1, 0.15) is 12.4 Å². The van der Waals surface area contributed by atoms with Gasteiger partial charge in [0.05, 0.1) is 11.1 Å². The molecule has 4 aromatic rings. The Labute approximate surface area is 194 Å². The van der Waals surface area contributed by atoms with Crippen LogP contribution >= 0.6 is 0 Å². The van der Waals surface area contributed by atoms with Gasteiger partial charge in [-0.15, -0.1) is 0 Å². The summed E-state index contributed by atoms with van der Waals surface area (Å²) in [6, 6.07) is 18.9. The van der Waals surface area contributed by atoms with Crippen LogP contribution in [0.25, 0.3) is 22.0 Å². The number of ether oxygens (including phenoxy) is 1. The maximum Gasteiger partial charge on any atom is 0.418 e. The summed E-state index contributed by atoms with van der Waals surface area (Å²) < 4.78 is 46.4. The summed E-state index contributed by atoms with van der Waals surface area (Å²) in [4.78, 5) is 14.8. The molecule has 0 spiro atoms. The van der Waals surface area contributed by atoms with Crippen molar-refractivity contribution in [2.24, 2.45) is 0 Å². The monoisotopic (exact) mass is 465 g/mol. The summed E-state index contributed by atoms with van der Waals surface area (Å²) >= 11 is 0. The number of pyridine rings is 1. The Morgan fingerprint density at radius 2 is 1.71 bits per heavy atom. The van der Waals surface area contributed by atoms with Crippen LogP contribution in [0.1, 0.15) is 28.7 Å². The van der Waals surface area contributed by atoms with E-state index >= 15 is 0 Å². The summed E-state index contributed by atoms with van der Waals surface area (Å²) in [6.45, 7) is 2.12. The molecule has 34 heavy (non-hydrogen) atoms. The third kappa shape index (κ3) is 5.20. The van der Waals surface area contributed by atoms with Crippen molar-refractivity contribution in [3.63, 3.8) is 0 Å². The molecule has 0 aliphatic rings. The van der Waals surface area contributed by atoms with Crippen LogP contribution in [0.4, 0.5) is 13.2 Å². The van der Waals surface area contributed by atoms with Crippen LogP contribution in [0.3, 0.4) is 0 Å². The molecule has 1 heterocycles. The number of aromatic nitrogens is 1. The van der Waals surface area contributed by atoms with Crippen molar-refractivity contribution in [2.75, 3.05) is 0 Å². The van der Waals surface area contributed by atoms with Gasteiger partial charge in [0.2, 0.25) is 0 Å². The van der Waals surface area contributed by atoms with Gasteiger partial charge in [0.15, 0.2) is 0 Å². The zero-order valence-electron chi connectivity index (χ0n) is 18.4. The SMILES string of the molecule is Cc1cnc2c(C(F)(F)F)cccc2c1-c1cccc(OCc2ccc(CCC(=O)O)cc2)c1. The standard InChI is InChI=1S/C27H22F3NO3/c1-17-15-31-26-22(6-3-7-23(26)27(28,29)30)25(17)20-4-2-5-21(14-20)34-16-19-10-8-18(9-11-19)12-13-24(32)33/h2-11,14-15H,12-13,16H2,1H3,(H,32,33). The molecule has 0 bridgehead atoms. The molecule has 0 unspecified atom stereocenters. The second-order valence-corrected chi connectivity index (χ2v) is 8.04. The predicted molar refractivity (Wildman–Crippen MR) is 124 cm³/mol. The zero-order chi connectivity index (χ0) is 24.3.